The van der Waals surface area contributed by atoms with Crippen LogP contribution in [0.5, 0.6) is 0 Å². The van der Waals surface area contributed by atoms with Crippen LogP contribution in [0.3, 0.4) is 0 Å². The smallest absolute Gasteiger partial charge is 0.371 e. The van der Waals surface area contributed by atoms with E-state index in [-0.39, 0.29) is 5.19 Å². The number of halogens is 3. The molecule has 1 rings (SSSR count). The first-order valence-corrected chi connectivity index (χ1v) is 6.51. The second kappa shape index (κ2) is 4.34. The molecule has 0 spiro atoms. The van der Waals surface area contributed by atoms with Crippen LogP contribution in [0.15, 0.2) is 12.1 Å². The van der Waals surface area contributed by atoms with Crippen molar-refractivity contribution in [2.24, 2.45) is 0 Å². The minimum Gasteiger partial charge on any atom is -0.394 e. The van der Waals surface area contributed by atoms with Crippen LogP contribution >= 0.6 is 0 Å². The van der Waals surface area contributed by atoms with Crippen LogP contribution in [0, 0.1) is 17.5 Å². The molecule has 0 radical (unpaired) electrons. The molecule has 84 valence electrons. The summed E-state index contributed by atoms with van der Waals surface area (Å²) in [4.78, 5) is 0. The Morgan fingerprint density at radius 1 is 0.933 bits per heavy atom. The first-order valence-electron chi connectivity index (χ1n) is 4.20. The maximum Gasteiger partial charge on any atom is 0.371 e. The SMILES string of the molecule is CO[Si](C)(OC)c1cc(F)c(F)cc1F. The molecule has 0 aliphatic carbocycles. The van der Waals surface area contributed by atoms with Crippen LogP contribution < -0.4 is 5.19 Å². The number of benzene rings is 1. The van der Waals surface area contributed by atoms with E-state index in [1.807, 2.05) is 0 Å². The van der Waals surface area contributed by atoms with E-state index >= 15 is 0 Å². The van der Waals surface area contributed by atoms with Crippen molar-refractivity contribution in [1.29, 1.82) is 0 Å². The van der Waals surface area contributed by atoms with Gasteiger partial charge in [0.1, 0.15) is 5.82 Å². The van der Waals surface area contributed by atoms with Gasteiger partial charge in [-0.1, -0.05) is 0 Å². The number of hydrogen-bond donors (Lipinski definition) is 0. The van der Waals surface area contributed by atoms with Crippen LogP contribution in [0.4, 0.5) is 13.2 Å². The molecular formula is C9H11F3O2Si. The summed E-state index contributed by atoms with van der Waals surface area (Å²) in [6.45, 7) is 1.54. The third-order valence-electron chi connectivity index (χ3n) is 2.28. The highest BCUT2D eigenvalue weighted by molar-refractivity contribution is 6.79. The van der Waals surface area contributed by atoms with E-state index in [2.05, 4.69) is 0 Å². The van der Waals surface area contributed by atoms with Gasteiger partial charge in [0, 0.05) is 25.5 Å². The van der Waals surface area contributed by atoms with Crippen LogP contribution in [0.1, 0.15) is 0 Å². The summed E-state index contributed by atoms with van der Waals surface area (Å²) < 4.78 is 49.0. The number of rotatable bonds is 3. The minimum atomic E-state index is -2.95. The molecule has 0 saturated heterocycles. The Kier molecular flexibility index (Phi) is 3.53. The van der Waals surface area contributed by atoms with Crippen molar-refractivity contribution in [3.05, 3.63) is 29.6 Å². The molecule has 0 unspecified atom stereocenters. The van der Waals surface area contributed by atoms with Gasteiger partial charge in [0.05, 0.1) is 0 Å². The molecule has 1 aromatic rings. The van der Waals surface area contributed by atoms with Gasteiger partial charge in [-0.2, -0.15) is 0 Å². The molecule has 0 fully saturated rings. The zero-order valence-electron chi connectivity index (χ0n) is 8.61. The third kappa shape index (κ3) is 2.22. The fourth-order valence-corrected chi connectivity index (χ4v) is 2.68. The summed E-state index contributed by atoms with van der Waals surface area (Å²) in [6.07, 6.45) is 0. The molecule has 1 aromatic carbocycles. The Labute approximate surface area is 86.9 Å². The molecule has 0 bridgehead atoms. The molecule has 6 heteroatoms. The van der Waals surface area contributed by atoms with E-state index in [1.165, 1.54) is 14.2 Å². The van der Waals surface area contributed by atoms with Crippen molar-refractivity contribution in [3.63, 3.8) is 0 Å². The minimum absolute atomic E-state index is 0.0496. The topological polar surface area (TPSA) is 18.5 Å². The molecule has 0 aliphatic rings. The highest BCUT2D eigenvalue weighted by Crippen LogP contribution is 2.12. The lowest BCUT2D eigenvalue weighted by Gasteiger charge is -2.23. The Morgan fingerprint density at radius 2 is 1.40 bits per heavy atom. The predicted octanol–water partition coefficient (Wildman–Crippen LogP) is 1.68. The molecule has 15 heavy (non-hydrogen) atoms. The van der Waals surface area contributed by atoms with Crippen molar-refractivity contribution in [3.8, 4) is 0 Å². The normalized spacial score (nSPS) is 11.9. The van der Waals surface area contributed by atoms with Gasteiger partial charge in [0.15, 0.2) is 11.6 Å². The third-order valence-corrected chi connectivity index (χ3v) is 5.20. The van der Waals surface area contributed by atoms with Gasteiger partial charge < -0.3 is 8.85 Å². The Morgan fingerprint density at radius 3 is 1.87 bits per heavy atom. The van der Waals surface area contributed by atoms with Crippen molar-refractivity contribution >= 4 is 13.7 Å². The largest absolute Gasteiger partial charge is 0.394 e. The second-order valence-electron chi connectivity index (χ2n) is 3.10. The van der Waals surface area contributed by atoms with Crippen LogP contribution in [-0.4, -0.2) is 22.8 Å². The van der Waals surface area contributed by atoms with Crippen LogP contribution in [0.25, 0.3) is 0 Å². The van der Waals surface area contributed by atoms with Gasteiger partial charge in [-0.05, 0) is 12.6 Å². The van der Waals surface area contributed by atoms with Crippen LogP contribution in [0.2, 0.25) is 6.55 Å². The van der Waals surface area contributed by atoms with Crippen molar-refractivity contribution in [2.75, 3.05) is 14.2 Å². The average Bonchev–Trinajstić information content (AvgIpc) is 2.22. The quantitative estimate of drug-likeness (QED) is 0.587. The summed E-state index contributed by atoms with van der Waals surface area (Å²) in [5.74, 6) is -3.19. The fourth-order valence-electron chi connectivity index (χ4n) is 1.17. The fraction of sp³-hybridized carbons (Fsp3) is 0.333. The summed E-state index contributed by atoms with van der Waals surface area (Å²) in [6, 6.07) is 1.28. The van der Waals surface area contributed by atoms with E-state index in [9.17, 15) is 13.2 Å². The molecule has 0 amide bonds. The Balaban J connectivity index is 3.30. The molecule has 0 aliphatic heterocycles. The molecule has 2 nitrogen and oxygen atoms in total. The lowest BCUT2D eigenvalue weighted by Crippen LogP contribution is -2.51. The molecule has 0 N–H and O–H groups in total. The Hall–Kier alpha value is -0.853. The van der Waals surface area contributed by atoms with Crippen molar-refractivity contribution < 1.29 is 22.0 Å². The molecule has 0 atom stereocenters. The zero-order chi connectivity index (χ0) is 11.6. The lowest BCUT2D eigenvalue weighted by atomic mass is 10.3. The highest BCUT2D eigenvalue weighted by atomic mass is 28.4. The summed E-state index contributed by atoms with van der Waals surface area (Å²) in [5.41, 5.74) is 0. The van der Waals surface area contributed by atoms with E-state index in [0.29, 0.717) is 6.07 Å². The Bertz CT molecular complexity index is 367. The van der Waals surface area contributed by atoms with E-state index in [1.54, 1.807) is 6.55 Å². The average molecular weight is 236 g/mol. The lowest BCUT2D eigenvalue weighted by molar-refractivity contribution is 0.264. The monoisotopic (exact) mass is 236 g/mol. The van der Waals surface area contributed by atoms with Crippen molar-refractivity contribution in [2.45, 2.75) is 6.55 Å². The zero-order valence-corrected chi connectivity index (χ0v) is 9.61. The summed E-state index contributed by atoms with van der Waals surface area (Å²) in [5, 5.41) is -0.0496. The van der Waals surface area contributed by atoms with Gasteiger partial charge in [0.2, 0.25) is 0 Å². The second-order valence-corrected chi connectivity index (χ2v) is 6.35. The van der Waals surface area contributed by atoms with E-state index < -0.39 is 26.0 Å². The van der Waals surface area contributed by atoms with Gasteiger partial charge in [-0.15, -0.1) is 0 Å². The van der Waals surface area contributed by atoms with Crippen molar-refractivity contribution in [1.82, 2.24) is 0 Å². The van der Waals surface area contributed by atoms with E-state index in [4.69, 9.17) is 8.85 Å². The molecular weight excluding hydrogens is 225 g/mol. The standard InChI is InChI=1S/C9H11F3O2Si/c1-13-15(3,14-2)9-5-7(11)6(10)4-8(9)12/h4-5H,1-3H3. The highest BCUT2D eigenvalue weighted by Gasteiger charge is 2.35. The first-order chi connectivity index (χ1) is 6.94. The maximum absolute atomic E-state index is 13.4. The van der Waals surface area contributed by atoms with Gasteiger partial charge >= 0.3 is 8.56 Å². The number of hydrogen-bond acceptors (Lipinski definition) is 2. The van der Waals surface area contributed by atoms with Crippen LogP contribution in [-0.2, 0) is 8.85 Å². The molecule has 0 heterocycles. The van der Waals surface area contributed by atoms with Gasteiger partial charge in [0.25, 0.3) is 0 Å². The summed E-state index contributed by atoms with van der Waals surface area (Å²) >= 11 is 0. The summed E-state index contributed by atoms with van der Waals surface area (Å²) in [7, 11) is -0.267. The predicted molar refractivity (Wildman–Crippen MR) is 51.6 cm³/mol. The van der Waals surface area contributed by atoms with Gasteiger partial charge in [-0.25, -0.2) is 13.2 Å². The van der Waals surface area contributed by atoms with E-state index in [0.717, 1.165) is 6.07 Å². The maximum atomic E-state index is 13.4. The molecule has 0 saturated carbocycles. The first kappa shape index (κ1) is 12.2. The van der Waals surface area contributed by atoms with Gasteiger partial charge in [-0.3, -0.25) is 0 Å². The molecule has 0 aromatic heterocycles.